The third-order valence-electron chi connectivity index (χ3n) is 4.24. The second-order valence-corrected chi connectivity index (χ2v) is 5.90. The lowest BCUT2D eigenvalue weighted by Gasteiger charge is -2.10. The molecule has 0 unspecified atom stereocenters. The van der Waals surface area contributed by atoms with Gasteiger partial charge in [0.1, 0.15) is 11.6 Å². The van der Waals surface area contributed by atoms with Crippen LogP contribution >= 0.6 is 0 Å². The van der Waals surface area contributed by atoms with Gasteiger partial charge in [-0.05, 0) is 23.8 Å². The maximum Gasteiger partial charge on any atom is 0.416 e. The fourth-order valence-corrected chi connectivity index (χ4v) is 2.84. The minimum Gasteiger partial charge on any atom is -0.496 e. The normalized spacial score (nSPS) is 11.6. The van der Waals surface area contributed by atoms with Crippen molar-refractivity contribution in [2.75, 3.05) is 12.8 Å². The minimum absolute atomic E-state index is 0.458. The number of anilines is 1. The summed E-state index contributed by atoms with van der Waals surface area (Å²) in [5.41, 5.74) is 8.27. The molecule has 0 saturated heterocycles. The highest BCUT2D eigenvalue weighted by molar-refractivity contribution is 5.69. The largest absolute Gasteiger partial charge is 0.496 e. The summed E-state index contributed by atoms with van der Waals surface area (Å²) in [5, 5.41) is 4.39. The van der Waals surface area contributed by atoms with E-state index in [1.54, 1.807) is 14.2 Å². The van der Waals surface area contributed by atoms with Crippen LogP contribution in [0.25, 0.3) is 11.3 Å². The summed E-state index contributed by atoms with van der Waals surface area (Å²) in [7, 11) is 3.29. The van der Waals surface area contributed by atoms with Crippen LogP contribution in [0.15, 0.2) is 48.5 Å². The van der Waals surface area contributed by atoms with Gasteiger partial charge in [-0.3, -0.25) is 4.68 Å². The number of ether oxygens (including phenoxy) is 1. The molecule has 0 aliphatic carbocycles. The van der Waals surface area contributed by atoms with Crippen LogP contribution in [0.3, 0.4) is 0 Å². The Labute approximate surface area is 149 Å². The van der Waals surface area contributed by atoms with E-state index in [1.165, 1.54) is 16.8 Å². The van der Waals surface area contributed by atoms with Crippen molar-refractivity contribution in [1.29, 1.82) is 0 Å². The number of hydrogen-bond donors (Lipinski definition) is 1. The average Bonchev–Trinajstić information content (AvgIpc) is 2.90. The third-order valence-corrected chi connectivity index (χ3v) is 4.24. The number of hydrogen-bond acceptors (Lipinski definition) is 3. The molecule has 0 spiro atoms. The van der Waals surface area contributed by atoms with Gasteiger partial charge in [0.2, 0.25) is 0 Å². The van der Waals surface area contributed by atoms with E-state index in [1.807, 2.05) is 24.3 Å². The Balaban J connectivity index is 2.03. The molecule has 1 heterocycles. The molecule has 7 heteroatoms. The molecule has 0 aliphatic rings. The Kier molecular flexibility index (Phi) is 4.63. The van der Waals surface area contributed by atoms with Gasteiger partial charge in [-0.15, -0.1) is 0 Å². The van der Waals surface area contributed by atoms with E-state index in [0.717, 1.165) is 23.3 Å². The van der Waals surface area contributed by atoms with E-state index in [-0.39, 0.29) is 0 Å². The van der Waals surface area contributed by atoms with Gasteiger partial charge in [-0.1, -0.05) is 30.3 Å². The van der Waals surface area contributed by atoms with Gasteiger partial charge >= 0.3 is 6.18 Å². The van der Waals surface area contributed by atoms with Gasteiger partial charge in [0.05, 0.1) is 18.4 Å². The standard InChI is InChI=1S/C19H18F3N3O/c1-25-18(23)15(11-13-5-3-4-6-16(13)26-2)17(24-25)12-7-9-14(10-8-12)19(20,21)22/h3-10H,11,23H2,1-2H3. The molecule has 1 aromatic heterocycles. The summed E-state index contributed by atoms with van der Waals surface area (Å²) >= 11 is 0. The summed E-state index contributed by atoms with van der Waals surface area (Å²) in [6, 6.07) is 12.4. The number of aromatic nitrogens is 2. The number of nitrogens with two attached hydrogens (primary N) is 1. The van der Waals surface area contributed by atoms with Gasteiger partial charge in [-0.25, -0.2) is 0 Å². The molecule has 3 aromatic rings. The topological polar surface area (TPSA) is 53.1 Å². The van der Waals surface area contributed by atoms with Crippen molar-refractivity contribution in [3.8, 4) is 17.0 Å². The lowest BCUT2D eigenvalue weighted by molar-refractivity contribution is -0.137. The van der Waals surface area contributed by atoms with Gasteiger partial charge in [0, 0.05) is 24.6 Å². The number of methoxy groups -OCH3 is 1. The Bertz CT molecular complexity index is 915. The molecule has 0 aliphatic heterocycles. The van der Waals surface area contributed by atoms with Crippen molar-refractivity contribution in [1.82, 2.24) is 9.78 Å². The number of halogens is 3. The van der Waals surface area contributed by atoms with E-state index < -0.39 is 11.7 Å². The third kappa shape index (κ3) is 3.37. The zero-order valence-electron chi connectivity index (χ0n) is 14.3. The van der Waals surface area contributed by atoms with Crippen molar-refractivity contribution >= 4 is 5.82 Å². The molecule has 2 N–H and O–H groups in total. The van der Waals surface area contributed by atoms with Crippen LogP contribution in [0.2, 0.25) is 0 Å². The van der Waals surface area contributed by atoms with E-state index in [2.05, 4.69) is 5.10 Å². The highest BCUT2D eigenvalue weighted by atomic mass is 19.4. The molecule has 3 rings (SSSR count). The van der Waals surface area contributed by atoms with Gasteiger partial charge in [0.25, 0.3) is 0 Å². The molecule has 0 amide bonds. The molecule has 0 atom stereocenters. The maximum atomic E-state index is 12.8. The lowest BCUT2D eigenvalue weighted by atomic mass is 9.99. The fraction of sp³-hybridized carbons (Fsp3) is 0.211. The summed E-state index contributed by atoms with van der Waals surface area (Å²) in [6.45, 7) is 0. The highest BCUT2D eigenvalue weighted by Crippen LogP contribution is 2.34. The van der Waals surface area contributed by atoms with Gasteiger partial charge in [-0.2, -0.15) is 18.3 Å². The van der Waals surface area contributed by atoms with Crippen molar-refractivity contribution < 1.29 is 17.9 Å². The predicted molar refractivity (Wildman–Crippen MR) is 93.9 cm³/mol. The van der Waals surface area contributed by atoms with Crippen LogP contribution < -0.4 is 10.5 Å². The first-order valence-electron chi connectivity index (χ1n) is 7.92. The SMILES string of the molecule is COc1ccccc1Cc1c(-c2ccc(C(F)(F)F)cc2)nn(C)c1N. The molecule has 136 valence electrons. The number of nitrogens with zero attached hydrogens (tertiary/aromatic N) is 2. The summed E-state index contributed by atoms with van der Waals surface area (Å²) in [5.74, 6) is 1.18. The second kappa shape index (κ2) is 6.74. The zero-order chi connectivity index (χ0) is 18.9. The molecule has 26 heavy (non-hydrogen) atoms. The molecule has 0 bridgehead atoms. The van der Waals surface area contributed by atoms with Gasteiger partial charge in [0.15, 0.2) is 0 Å². The highest BCUT2D eigenvalue weighted by Gasteiger charge is 2.30. The first-order valence-corrected chi connectivity index (χ1v) is 7.92. The minimum atomic E-state index is -4.37. The number of para-hydroxylation sites is 1. The van der Waals surface area contributed by atoms with E-state index in [9.17, 15) is 13.2 Å². The number of alkyl halides is 3. The van der Waals surface area contributed by atoms with Gasteiger partial charge < -0.3 is 10.5 Å². The van der Waals surface area contributed by atoms with Crippen LogP contribution in [-0.4, -0.2) is 16.9 Å². The molecule has 4 nitrogen and oxygen atoms in total. The van der Waals surface area contributed by atoms with Crippen molar-refractivity contribution in [2.24, 2.45) is 7.05 Å². The van der Waals surface area contributed by atoms with Crippen LogP contribution in [0.1, 0.15) is 16.7 Å². The van der Waals surface area contributed by atoms with Crippen molar-refractivity contribution in [3.05, 3.63) is 65.2 Å². The number of rotatable bonds is 4. The van der Waals surface area contributed by atoms with Crippen LogP contribution in [-0.2, 0) is 19.6 Å². The molecule has 0 radical (unpaired) electrons. The first kappa shape index (κ1) is 17.8. The molecule has 2 aromatic carbocycles. The Morgan fingerprint density at radius 1 is 1.08 bits per heavy atom. The Morgan fingerprint density at radius 3 is 2.35 bits per heavy atom. The maximum absolute atomic E-state index is 12.8. The summed E-state index contributed by atoms with van der Waals surface area (Å²) in [4.78, 5) is 0. The predicted octanol–water partition coefficient (Wildman–Crippen LogP) is 4.29. The second-order valence-electron chi connectivity index (χ2n) is 5.90. The van der Waals surface area contributed by atoms with Crippen LogP contribution in [0.4, 0.5) is 19.0 Å². The molecular weight excluding hydrogens is 343 g/mol. The molecule has 0 fully saturated rings. The summed E-state index contributed by atoms with van der Waals surface area (Å²) in [6.07, 6.45) is -3.91. The number of aryl methyl sites for hydroxylation is 1. The first-order chi connectivity index (χ1) is 12.3. The lowest BCUT2D eigenvalue weighted by Crippen LogP contribution is -2.04. The van der Waals surface area contributed by atoms with E-state index in [0.29, 0.717) is 29.2 Å². The molecule has 0 saturated carbocycles. The fourth-order valence-electron chi connectivity index (χ4n) is 2.84. The monoisotopic (exact) mass is 361 g/mol. The average molecular weight is 361 g/mol. The quantitative estimate of drug-likeness (QED) is 0.754. The van der Waals surface area contributed by atoms with Crippen molar-refractivity contribution in [3.63, 3.8) is 0 Å². The molecular formula is C19H18F3N3O. The van der Waals surface area contributed by atoms with Crippen LogP contribution in [0, 0.1) is 0 Å². The Morgan fingerprint density at radius 2 is 1.73 bits per heavy atom. The summed E-state index contributed by atoms with van der Waals surface area (Å²) < 4.78 is 45.3. The zero-order valence-corrected chi connectivity index (χ0v) is 14.3. The van der Waals surface area contributed by atoms with Crippen molar-refractivity contribution in [2.45, 2.75) is 12.6 Å². The number of benzene rings is 2. The van der Waals surface area contributed by atoms with E-state index >= 15 is 0 Å². The smallest absolute Gasteiger partial charge is 0.416 e. The number of nitrogen functional groups attached to an aromatic ring is 1. The van der Waals surface area contributed by atoms with E-state index in [4.69, 9.17) is 10.5 Å². The Hall–Kier alpha value is -2.96. The van der Waals surface area contributed by atoms with Crippen LogP contribution in [0.5, 0.6) is 5.75 Å².